The topological polar surface area (TPSA) is 60.9 Å². The van der Waals surface area contributed by atoms with Gasteiger partial charge in [-0.1, -0.05) is 6.07 Å². The summed E-state index contributed by atoms with van der Waals surface area (Å²) in [6, 6.07) is 10.9. The molecule has 0 radical (unpaired) electrons. The maximum absolute atomic E-state index is 14.9. The van der Waals surface area contributed by atoms with Gasteiger partial charge in [-0.05, 0) is 35.9 Å². The van der Waals surface area contributed by atoms with E-state index in [1.165, 1.54) is 0 Å². The van der Waals surface area contributed by atoms with Crippen molar-refractivity contribution < 1.29 is 4.39 Å². The Kier molecular flexibility index (Phi) is 3.46. The molecule has 0 aliphatic rings. The molecule has 0 unspecified atom stereocenters. The molecule has 0 saturated heterocycles. The van der Waals surface area contributed by atoms with Gasteiger partial charge in [0, 0.05) is 36.8 Å². The molecule has 0 fully saturated rings. The van der Waals surface area contributed by atoms with Crippen LogP contribution in [0, 0.1) is 5.82 Å². The van der Waals surface area contributed by atoms with Crippen LogP contribution in [0.15, 0.2) is 61.2 Å². The van der Waals surface area contributed by atoms with Gasteiger partial charge in [0.15, 0.2) is 5.65 Å². The van der Waals surface area contributed by atoms with Crippen LogP contribution in [0.25, 0.3) is 27.8 Å². The number of halogens is 1. The molecule has 0 aliphatic carbocycles. The standard InChI is InChI=1S/C20H15FN6/c1-26-12-14(10-24-26)17-6-7-19-23-11-15(27(19)25-17)9-13-4-5-18-16(20(13)21)3-2-8-22-18/h2-8,10-12H,9H2,1H3. The van der Waals surface area contributed by atoms with Crippen LogP contribution in [-0.4, -0.2) is 29.4 Å². The molecule has 0 bridgehead atoms. The smallest absolute Gasteiger partial charge is 0.153 e. The van der Waals surface area contributed by atoms with Crippen LogP contribution >= 0.6 is 0 Å². The Morgan fingerprint density at radius 3 is 2.81 bits per heavy atom. The number of hydrogen-bond donors (Lipinski definition) is 0. The third-order valence-corrected chi connectivity index (χ3v) is 4.60. The van der Waals surface area contributed by atoms with Crippen molar-refractivity contribution in [2.75, 3.05) is 0 Å². The summed E-state index contributed by atoms with van der Waals surface area (Å²) in [5.41, 5.74) is 4.48. The lowest BCUT2D eigenvalue weighted by molar-refractivity contribution is 0.624. The zero-order valence-corrected chi connectivity index (χ0v) is 14.5. The first-order chi connectivity index (χ1) is 13.2. The van der Waals surface area contributed by atoms with Gasteiger partial charge in [-0.2, -0.15) is 10.2 Å². The van der Waals surface area contributed by atoms with Gasteiger partial charge >= 0.3 is 0 Å². The molecular weight excluding hydrogens is 343 g/mol. The summed E-state index contributed by atoms with van der Waals surface area (Å²) in [5.74, 6) is -0.251. The van der Waals surface area contributed by atoms with E-state index >= 15 is 0 Å². The first kappa shape index (κ1) is 15.6. The van der Waals surface area contributed by atoms with Crippen LogP contribution in [0.3, 0.4) is 0 Å². The molecule has 5 rings (SSSR count). The molecule has 132 valence electrons. The van der Waals surface area contributed by atoms with E-state index in [0.29, 0.717) is 22.9 Å². The third-order valence-electron chi connectivity index (χ3n) is 4.60. The SMILES string of the molecule is Cn1cc(-c2ccc3ncc(Cc4ccc5ncccc5c4F)n3n2)cn1. The van der Waals surface area contributed by atoms with Crippen molar-refractivity contribution in [3.63, 3.8) is 0 Å². The minimum absolute atomic E-state index is 0.251. The molecule has 7 heteroatoms. The Labute approximate surface area is 153 Å². The minimum atomic E-state index is -0.251. The average molecular weight is 358 g/mol. The lowest BCUT2D eigenvalue weighted by Crippen LogP contribution is -2.02. The maximum Gasteiger partial charge on any atom is 0.153 e. The van der Waals surface area contributed by atoms with Gasteiger partial charge in [0.05, 0.1) is 29.3 Å². The molecule has 1 aromatic carbocycles. The summed E-state index contributed by atoms with van der Waals surface area (Å²) in [6.45, 7) is 0. The summed E-state index contributed by atoms with van der Waals surface area (Å²) >= 11 is 0. The summed E-state index contributed by atoms with van der Waals surface area (Å²) in [7, 11) is 1.86. The molecular formula is C20H15FN6. The Balaban J connectivity index is 1.58. The minimum Gasteiger partial charge on any atom is -0.275 e. The van der Waals surface area contributed by atoms with Gasteiger partial charge in [0.25, 0.3) is 0 Å². The summed E-state index contributed by atoms with van der Waals surface area (Å²) in [5, 5.41) is 9.38. The fourth-order valence-corrected chi connectivity index (χ4v) is 3.24. The van der Waals surface area contributed by atoms with Crippen molar-refractivity contribution in [2.45, 2.75) is 6.42 Å². The molecule has 27 heavy (non-hydrogen) atoms. The molecule has 0 amide bonds. The highest BCUT2D eigenvalue weighted by molar-refractivity contribution is 5.79. The Bertz CT molecular complexity index is 1290. The lowest BCUT2D eigenvalue weighted by Gasteiger charge is -2.06. The number of hydrogen-bond acceptors (Lipinski definition) is 4. The van der Waals surface area contributed by atoms with Crippen molar-refractivity contribution in [1.29, 1.82) is 0 Å². The van der Waals surface area contributed by atoms with Crippen molar-refractivity contribution in [2.24, 2.45) is 7.05 Å². The molecule has 4 heterocycles. The van der Waals surface area contributed by atoms with Crippen LogP contribution in [0.5, 0.6) is 0 Å². The van der Waals surface area contributed by atoms with Crippen LogP contribution in [0.4, 0.5) is 4.39 Å². The zero-order valence-electron chi connectivity index (χ0n) is 14.5. The molecule has 0 spiro atoms. The number of aryl methyl sites for hydroxylation is 1. The number of aromatic nitrogens is 6. The van der Waals surface area contributed by atoms with Gasteiger partial charge < -0.3 is 0 Å². The summed E-state index contributed by atoms with van der Waals surface area (Å²) < 4.78 is 18.4. The van der Waals surface area contributed by atoms with E-state index in [4.69, 9.17) is 0 Å². The summed E-state index contributed by atoms with van der Waals surface area (Å²) in [4.78, 5) is 8.59. The predicted octanol–water partition coefficient (Wildman–Crippen LogP) is 3.41. The monoisotopic (exact) mass is 358 g/mol. The van der Waals surface area contributed by atoms with E-state index in [9.17, 15) is 4.39 Å². The van der Waals surface area contributed by atoms with Gasteiger partial charge in [0.2, 0.25) is 0 Å². The number of pyridine rings is 1. The largest absolute Gasteiger partial charge is 0.275 e. The second kappa shape index (κ2) is 5.98. The first-order valence-corrected chi connectivity index (χ1v) is 8.54. The second-order valence-electron chi connectivity index (χ2n) is 6.43. The molecule has 5 aromatic rings. The fraction of sp³-hybridized carbons (Fsp3) is 0.100. The molecule has 6 nitrogen and oxygen atoms in total. The van der Waals surface area contributed by atoms with Crippen LogP contribution < -0.4 is 0 Å². The van der Waals surface area contributed by atoms with E-state index in [0.717, 1.165) is 22.6 Å². The van der Waals surface area contributed by atoms with Crippen molar-refractivity contribution >= 4 is 16.6 Å². The highest BCUT2D eigenvalue weighted by Crippen LogP contribution is 2.23. The van der Waals surface area contributed by atoms with Crippen molar-refractivity contribution in [3.05, 3.63) is 78.3 Å². The van der Waals surface area contributed by atoms with E-state index in [1.807, 2.05) is 31.4 Å². The molecule has 0 N–H and O–H groups in total. The normalized spacial score (nSPS) is 11.5. The maximum atomic E-state index is 14.9. The van der Waals surface area contributed by atoms with Gasteiger partial charge in [-0.15, -0.1) is 0 Å². The quantitative estimate of drug-likeness (QED) is 0.496. The van der Waals surface area contributed by atoms with E-state index < -0.39 is 0 Å². The van der Waals surface area contributed by atoms with Gasteiger partial charge in [-0.25, -0.2) is 13.9 Å². The van der Waals surface area contributed by atoms with E-state index in [1.54, 1.807) is 46.0 Å². The Hall–Kier alpha value is -3.61. The van der Waals surface area contributed by atoms with Crippen LogP contribution in [0.1, 0.15) is 11.3 Å². The van der Waals surface area contributed by atoms with Crippen LogP contribution in [-0.2, 0) is 13.5 Å². The molecule has 4 aromatic heterocycles. The number of fused-ring (bicyclic) bond motifs is 2. The first-order valence-electron chi connectivity index (χ1n) is 8.54. The second-order valence-corrected chi connectivity index (χ2v) is 6.43. The van der Waals surface area contributed by atoms with Gasteiger partial charge in [0.1, 0.15) is 5.82 Å². The number of rotatable bonds is 3. The zero-order chi connectivity index (χ0) is 18.4. The van der Waals surface area contributed by atoms with Crippen molar-refractivity contribution in [3.8, 4) is 11.3 Å². The fourth-order valence-electron chi connectivity index (χ4n) is 3.24. The van der Waals surface area contributed by atoms with E-state index in [2.05, 4.69) is 20.2 Å². The van der Waals surface area contributed by atoms with Crippen molar-refractivity contribution in [1.82, 2.24) is 29.4 Å². The van der Waals surface area contributed by atoms with Gasteiger partial charge in [-0.3, -0.25) is 9.67 Å². The molecule has 0 aliphatic heterocycles. The average Bonchev–Trinajstić information content (AvgIpc) is 3.30. The summed E-state index contributed by atoms with van der Waals surface area (Å²) in [6.07, 6.45) is 7.46. The highest BCUT2D eigenvalue weighted by Gasteiger charge is 2.13. The van der Waals surface area contributed by atoms with E-state index in [-0.39, 0.29) is 5.82 Å². The predicted molar refractivity (Wildman–Crippen MR) is 99.7 cm³/mol. The van der Waals surface area contributed by atoms with Crippen LogP contribution in [0.2, 0.25) is 0 Å². The number of nitrogens with zero attached hydrogens (tertiary/aromatic N) is 6. The molecule has 0 saturated carbocycles. The number of benzene rings is 1. The third kappa shape index (κ3) is 2.64. The highest BCUT2D eigenvalue weighted by atomic mass is 19.1. The number of imidazole rings is 1. The lowest BCUT2D eigenvalue weighted by atomic mass is 10.1. The Morgan fingerprint density at radius 1 is 1.04 bits per heavy atom. The Morgan fingerprint density at radius 2 is 1.96 bits per heavy atom. The molecule has 0 atom stereocenters.